The molecule has 4 aromatic rings. The van der Waals surface area contributed by atoms with Crippen molar-refractivity contribution in [3.8, 4) is 5.75 Å². The number of amides is 1. The number of aromatic nitrogens is 1. The molecule has 0 atom stereocenters. The van der Waals surface area contributed by atoms with Crippen LogP contribution in [0.5, 0.6) is 5.75 Å². The molecule has 1 aromatic heterocycles. The first-order chi connectivity index (χ1) is 16.4. The van der Waals surface area contributed by atoms with Crippen LogP contribution in [0.2, 0.25) is 0 Å². The summed E-state index contributed by atoms with van der Waals surface area (Å²) in [5.74, 6) is 1.46. The maximum Gasteiger partial charge on any atom is 0.261 e. The minimum atomic E-state index is -3.81. The summed E-state index contributed by atoms with van der Waals surface area (Å²) in [6.07, 6.45) is 2.19. The smallest absolute Gasteiger partial charge is 0.261 e. The van der Waals surface area contributed by atoms with Crippen LogP contribution in [-0.4, -0.2) is 25.9 Å². The Morgan fingerprint density at radius 3 is 2.41 bits per heavy atom. The van der Waals surface area contributed by atoms with Crippen LogP contribution in [0.1, 0.15) is 41.9 Å². The third-order valence-electron chi connectivity index (χ3n) is 5.43. The van der Waals surface area contributed by atoms with Crippen molar-refractivity contribution < 1.29 is 22.4 Å². The second-order valence-electron chi connectivity index (χ2n) is 8.05. The maximum absolute atomic E-state index is 12.7. The fourth-order valence-corrected chi connectivity index (χ4v) is 4.58. The molecule has 0 saturated heterocycles. The first-order valence-corrected chi connectivity index (χ1v) is 12.5. The van der Waals surface area contributed by atoms with Gasteiger partial charge in [-0.3, -0.25) is 9.52 Å². The fraction of sp³-hybridized carbons (Fsp3) is 0.200. The molecule has 0 bridgehead atoms. The molecule has 174 valence electrons. The molecule has 8 nitrogen and oxygen atoms in total. The summed E-state index contributed by atoms with van der Waals surface area (Å²) >= 11 is 0. The van der Waals surface area contributed by atoms with Gasteiger partial charge in [-0.05, 0) is 86.5 Å². The molecular formula is C25H23N3O5S. The number of hydrogen-bond donors (Lipinski definition) is 2. The predicted octanol–water partition coefficient (Wildman–Crippen LogP) is 5.16. The zero-order valence-electron chi connectivity index (χ0n) is 18.4. The number of oxazole rings is 1. The van der Waals surface area contributed by atoms with Gasteiger partial charge >= 0.3 is 0 Å². The third kappa shape index (κ3) is 4.74. The van der Waals surface area contributed by atoms with Crippen molar-refractivity contribution in [2.45, 2.75) is 30.6 Å². The summed E-state index contributed by atoms with van der Waals surface area (Å²) < 4.78 is 39.0. The summed E-state index contributed by atoms with van der Waals surface area (Å²) in [5, 5.41) is 2.82. The molecule has 1 saturated carbocycles. The van der Waals surface area contributed by atoms with E-state index in [1.54, 1.807) is 42.5 Å². The van der Waals surface area contributed by atoms with Gasteiger partial charge in [0.15, 0.2) is 11.5 Å². The van der Waals surface area contributed by atoms with Gasteiger partial charge in [-0.1, -0.05) is 0 Å². The standard InChI is InChI=1S/C25H23N3O5S/c1-2-32-20-10-7-18(8-11-20)28-34(30,31)21-12-5-16(6-13-21)24(29)26-19-9-14-23-22(15-19)27-25(33-23)17-3-4-17/h5-15,17,28H,2-4H2,1H3,(H,26,29). The first-order valence-electron chi connectivity index (χ1n) is 11.0. The number of carbonyl (C=O) groups is 1. The SMILES string of the molecule is CCOc1ccc(NS(=O)(=O)c2ccc(C(=O)Nc3ccc4oc(C5CC5)nc4c3)cc2)cc1. The Balaban J connectivity index is 1.26. The van der Waals surface area contributed by atoms with Gasteiger partial charge in [-0.15, -0.1) is 0 Å². The molecule has 1 fully saturated rings. The molecule has 1 aliphatic carbocycles. The molecule has 0 spiro atoms. The summed E-state index contributed by atoms with van der Waals surface area (Å²) in [6, 6.07) is 17.7. The molecule has 0 unspecified atom stereocenters. The predicted molar refractivity (Wildman–Crippen MR) is 129 cm³/mol. The number of nitrogens with one attached hydrogen (secondary N) is 2. The molecule has 3 aromatic carbocycles. The van der Waals surface area contributed by atoms with Crippen LogP contribution in [0.3, 0.4) is 0 Å². The molecule has 34 heavy (non-hydrogen) atoms. The number of hydrogen-bond acceptors (Lipinski definition) is 6. The van der Waals surface area contributed by atoms with Gasteiger partial charge in [0.25, 0.3) is 15.9 Å². The third-order valence-corrected chi connectivity index (χ3v) is 6.83. The van der Waals surface area contributed by atoms with E-state index in [4.69, 9.17) is 9.15 Å². The van der Waals surface area contributed by atoms with Crippen LogP contribution in [0.4, 0.5) is 11.4 Å². The number of fused-ring (bicyclic) bond motifs is 1. The van der Waals surface area contributed by atoms with E-state index in [2.05, 4.69) is 15.0 Å². The van der Waals surface area contributed by atoms with Gasteiger partial charge in [-0.25, -0.2) is 13.4 Å². The summed E-state index contributed by atoms with van der Waals surface area (Å²) in [5.41, 5.74) is 2.72. The largest absolute Gasteiger partial charge is 0.494 e. The van der Waals surface area contributed by atoms with Crippen molar-refractivity contribution in [2.75, 3.05) is 16.6 Å². The van der Waals surface area contributed by atoms with Crippen molar-refractivity contribution in [3.63, 3.8) is 0 Å². The highest BCUT2D eigenvalue weighted by Crippen LogP contribution is 2.40. The second kappa shape index (κ2) is 8.83. The van der Waals surface area contributed by atoms with Gasteiger partial charge in [0, 0.05) is 22.9 Å². The number of benzene rings is 3. The number of sulfonamides is 1. The lowest BCUT2D eigenvalue weighted by Gasteiger charge is -2.10. The van der Waals surface area contributed by atoms with Crippen molar-refractivity contribution in [3.05, 3.63) is 78.2 Å². The number of nitrogens with zero attached hydrogens (tertiary/aromatic N) is 1. The Bertz CT molecular complexity index is 1440. The summed E-state index contributed by atoms with van der Waals surface area (Å²) in [4.78, 5) is 17.2. The highest BCUT2D eigenvalue weighted by Gasteiger charge is 2.29. The molecule has 2 N–H and O–H groups in total. The lowest BCUT2D eigenvalue weighted by atomic mass is 10.2. The minimum Gasteiger partial charge on any atom is -0.494 e. The number of rotatable bonds is 8. The highest BCUT2D eigenvalue weighted by atomic mass is 32.2. The van der Waals surface area contributed by atoms with Crippen LogP contribution in [0, 0.1) is 0 Å². The van der Waals surface area contributed by atoms with E-state index in [1.165, 1.54) is 24.3 Å². The van der Waals surface area contributed by atoms with E-state index in [0.717, 1.165) is 18.7 Å². The van der Waals surface area contributed by atoms with Gasteiger partial charge in [0.05, 0.1) is 11.5 Å². The molecule has 5 rings (SSSR count). The monoisotopic (exact) mass is 477 g/mol. The van der Waals surface area contributed by atoms with Crippen molar-refractivity contribution >= 4 is 38.4 Å². The normalized spacial score (nSPS) is 13.6. The van der Waals surface area contributed by atoms with Crippen molar-refractivity contribution in [1.82, 2.24) is 4.98 Å². The average Bonchev–Trinajstić information content (AvgIpc) is 3.59. The lowest BCUT2D eigenvalue weighted by molar-refractivity contribution is 0.102. The zero-order valence-corrected chi connectivity index (χ0v) is 19.3. The van der Waals surface area contributed by atoms with Crippen molar-refractivity contribution in [2.24, 2.45) is 0 Å². The topological polar surface area (TPSA) is 111 Å². The van der Waals surface area contributed by atoms with Gasteiger partial charge in [0.2, 0.25) is 0 Å². The van der Waals surface area contributed by atoms with Crippen molar-refractivity contribution in [1.29, 1.82) is 0 Å². The molecule has 0 radical (unpaired) electrons. The number of carbonyl (C=O) groups excluding carboxylic acids is 1. The highest BCUT2D eigenvalue weighted by molar-refractivity contribution is 7.92. The van der Waals surface area contributed by atoms with E-state index in [1.807, 2.05) is 6.92 Å². The number of ether oxygens (including phenoxy) is 1. The first kappa shape index (κ1) is 22.0. The van der Waals surface area contributed by atoms with Crippen LogP contribution in [0.15, 0.2) is 76.0 Å². The lowest BCUT2D eigenvalue weighted by Crippen LogP contribution is -2.14. The number of anilines is 2. The Morgan fingerprint density at radius 1 is 1.03 bits per heavy atom. The Hall–Kier alpha value is -3.85. The quantitative estimate of drug-likeness (QED) is 0.363. The summed E-state index contributed by atoms with van der Waals surface area (Å²) in [7, 11) is -3.81. The zero-order chi connectivity index (χ0) is 23.7. The molecule has 1 aliphatic rings. The molecule has 0 aliphatic heterocycles. The van der Waals surface area contributed by atoms with E-state index in [-0.39, 0.29) is 10.8 Å². The van der Waals surface area contributed by atoms with Gasteiger partial charge < -0.3 is 14.5 Å². The average molecular weight is 478 g/mol. The molecule has 1 heterocycles. The van der Waals surface area contributed by atoms with E-state index < -0.39 is 10.0 Å². The molecule has 9 heteroatoms. The second-order valence-corrected chi connectivity index (χ2v) is 9.73. The van der Waals surface area contributed by atoms with Crippen LogP contribution in [-0.2, 0) is 10.0 Å². The van der Waals surface area contributed by atoms with Gasteiger partial charge in [0.1, 0.15) is 11.3 Å². The minimum absolute atomic E-state index is 0.0505. The van der Waals surface area contributed by atoms with Crippen LogP contribution >= 0.6 is 0 Å². The van der Waals surface area contributed by atoms with Crippen LogP contribution < -0.4 is 14.8 Å². The molecule has 1 amide bonds. The maximum atomic E-state index is 12.7. The van der Waals surface area contributed by atoms with E-state index in [0.29, 0.717) is 46.3 Å². The fourth-order valence-electron chi connectivity index (χ4n) is 3.52. The summed E-state index contributed by atoms with van der Waals surface area (Å²) in [6.45, 7) is 2.40. The molecular weight excluding hydrogens is 454 g/mol. The Labute approximate surface area is 197 Å². The Kier molecular flexibility index (Phi) is 5.70. The van der Waals surface area contributed by atoms with E-state index in [9.17, 15) is 13.2 Å². The Morgan fingerprint density at radius 2 is 1.74 bits per heavy atom. The van der Waals surface area contributed by atoms with E-state index >= 15 is 0 Å². The van der Waals surface area contributed by atoms with Crippen LogP contribution in [0.25, 0.3) is 11.1 Å². The van der Waals surface area contributed by atoms with Gasteiger partial charge in [-0.2, -0.15) is 0 Å².